The van der Waals surface area contributed by atoms with E-state index in [2.05, 4.69) is 10.3 Å². The number of benzene rings is 1. The third-order valence-corrected chi connectivity index (χ3v) is 3.24. The summed E-state index contributed by atoms with van der Waals surface area (Å²) in [4.78, 5) is 16.6. The molecule has 0 fully saturated rings. The number of nitrogens with one attached hydrogen (secondary N) is 1. The summed E-state index contributed by atoms with van der Waals surface area (Å²) in [6.45, 7) is 7.68. The second-order valence-corrected chi connectivity index (χ2v) is 5.96. The molecule has 0 saturated carbocycles. The number of aromatic nitrogens is 2. The lowest BCUT2D eigenvalue weighted by molar-refractivity contribution is -0.129. The van der Waals surface area contributed by atoms with Crippen LogP contribution >= 0.6 is 0 Å². The van der Waals surface area contributed by atoms with Gasteiger partial charge in [-0.15, -0.1) is 0 Å². The zero-order valence-corrected chi connectivity index (χ0v) is 12.2. The number of nitrogens with zero attached hydrogens (tertiary/aromatic N) is 2. The van der Waals surface area contributed by atoms with Gasteiger partial charge in [0.1, 0.15) is 5.82 Å². The first-order valence-corrected chi connectivity index (χ1v) is 6.53. The zero-order chi connectivity index (χ0) is 14.2. The second-order valence-electron chi connectivity index (χ2n) is 5.96. The standard InChI is InChI=1S/C15H21N3O/c1-10(16-14(19)15(2,3)4)13-17-11-8-6-7-9-12(11)18(13)5/h6-10H,1-5H3,(H,16,19)/t10-/m0/s1. The van der Waals surface area contributed by atoms with Crippen molar-refractivity contribution in [1.29, 1.82) is 0 Å². The predicted octanol–water partition coefficient (Wildman–Crippen LogP) is 2.80. The molecule has 1 atom stereocenters. The van der Waals surface area contributed by atoms with Crippen LogP contribution in [-0.4, -0.2) is 15.5 Å². The van der Waals surface area contributed by atoms with E-state index in [4.69, 9.17) is 0 Å². The number of carbonyl (C=O) groups is 1. The number of amides is 1. The van der Waals surface area contributed by atoms with Crippen molar-refractivity contribution in [2.75, 3.05) is 0 Å². The minimum atomic E-state index is -0.390. The quantitative estimate of drug-likeness (QED) is 0.901. The fraction of sp³-hybridized carbons (Fsp3) is 0.467. The lowest BCUT2D eigenvalue weighted by Crippen LogP contribution is -2.37. The summed E-state index contributed by atoms with van der Waals surface area (Å²) >= 11 is 0. The van der Waals surface area contributed by atoms with Crippen LogP contribution in [0.3, 0.4) is 0 Å². The smallest absolute Gasteiger partial charge is 0.225 e. The fourth-order valence-electron chi connectivity index (χ4n) is 2.03. The van der Waals surface area contributed by atoms with Gasteiger partial charge in [-0.2, -0.15) is 0 Å². The van der Waals surface area contributed by atoms with Gasteiger partial charge >= 0.3 is 0 Å². The Morgan fingerprint density at radius 1 is 1.32 bits per heavy atom. The van der Waals surface area contributed by atoms with Crippen LogP contribution in [0.4, 0.5) is 0 Å². The molecule has 1 N–H and O–H groups in total. The van der Waals surface area contributed by atoms with Crippen LogP contribution in [0.15, 0.2) is 24.3 Å². The molecule has 2 aromatic rings. The Balaban J connectivity index is 2.29. The molecule has 19 heavy (non-hydrogen) atoms. The summed E-state index contributed by atoms with van der Waals surface area (Å²) in [7, 11) is 1.98. The number of hydrogen-bond acceptors (Lipinski definition) is 2. The summed E-state index contributed by atoms with van der Waals surface area (Å²) < 4.78 is 2.03. The third-order valence-electron chi connectivity index (χ3n) is 3.24. The molecule has 1 heterocycles. The van der Waals surface area contributed by atoms with Crippen molar-refractivity contribution < 1.29 is 4.79 Å². The molecule has 0 aliphatic rings. The maximum atomic E-state index is 12.0. The Morgan fingerprint density at radius 2 is 1.95 bits per heavy atom. The highest BCUT2D eigenvalue weighted by Gasteiger charge is 2.24. The Kier molecular flexibility index (Phi) is 3.35. The topological polar surface area (TPSA) is 46.9 Å². The molecule has 1 amide bonds. The molecule has 0 saturated heterocycles. The van der Waals surface area contributed by atoms with Crippen LogP contribution in [0, 0.1) is 5.41 Å². The predicted molar refractivity (Wildman–Crippen MR) is 76.7 cm³/mol. The largest absolute Gasteiger partial charge is 0.346 e. The molecule has 0 aliphatic carbocycles. The van der Waals surface area contributed by atoms with Gasteiger partial charge in [-0.1, -0.05) is 32.9 Å². The molecule has 0 spiro atoms. The second kappa shape index (κ2) is 4.68. The highest BCUT2D eigenvalue weighted by atomic mass is 16.2. The van der Waals surface area contributed by atoms with E-state index in [-0.39, 0.29) is 11.9 Å². The lowest BCUT2D eigenvalue weighted by atomic mass is 9.95. The number of para-hydroxylation sites is 2. The maximum Gasteiger partial charge on any atom is 0.225 e. The van der Waals surface area contributed by atoms with Crippen molar-refractivity contribution in [2.45, 2.75) is 33.7 Å². The van der Waals surface area contributed by atoms with Crippen LogP contribution in [0.1, 0.15) is 39.6 Å². The lowest BCUT2D eigenvalue weighted by Gasteiger charge is -2.21. The molecular formula is C15H21N3O. The Bertz CT molecular complexity index is 607. The summed E-state index contributed by atoms with van der Waals surface area (Å²) in [5.74, 6) is 0.908. The van der Waals surface area contributed by atoms with Gasteiger partial charge in [-0.05, 0) is 19.1 Å². The van der Waals surface area contributed by atoms with Gasteiger partial charge in [0.05, 0.1) is 17.1 Å². The average Bonchev–Trinajstić information content (AvgIpc) is 2.66. The minimum absolute atomic E-state index is 0.0343. The van der Waals surface area contributed by atoms with Crippen molar-refractivity contribution >= 4 is 16.9 Å². The molecule has 0 radical (unpaired) electrons. The third kappa shape index (κ3) is 2.62. The number of rotatable bonds is 2. The van der Waals surface area contributed by atoms with Gasteiger partial charge in [0.25, 0.3) is 0 Å². The molecule has 0 bridgehead atoms. The number of imidazole rings is 1. The van der Waals surface area contributed by atoms with Crippen molar-refractivity contribution in [2.24, 2.45) is 12.5 Å². The molecule has 4 heteroatoms. The number of hydrogen-bond donors (Lipinski definition) is 1. The van der Waals surface area contributed by atoms with E-state index in [1.54, 1.807) is 0 Å². The van der Waals surface area contributed by atoms with Gasteiger partial charge < -0.3 is 9.88 Å². The molecule has 4 nitrogen and oxygen atoms in total. The van der Waals surface area contributed by atoms with E-state index in [0.29, 0.717) is 0 Å². The highest BCUT2D eigenvalue weighted by molar-refractivity contribution is 5.82. The number of carbonyl (C=O) groups excluding carboxylic acids is 1. The Morgan fingerprint density at radius 3 is 2.53 bits per heavy atom. The summed E-state index contributed by atoms with van der Waals surface area (Å²) in [6, 6.07) is 7.87. The van der Waals surface area contributed by atoms with Crippen LogP contribution in [0.5, 0.6) is 0 Å². The molecular weight excluding hydrogens is 238 g/mol. The van der Waals surface area contributed by atoms with Gasteiger partial charge in [0.2, 0.25) is 5.91 Å². The van der Waals surface area contributed by atoms with Gasteiger partial charge in [0.15, 0.2) is 0 Å². The number of aryl methyl sites for hydroxylation is 1. The maximum absolute atomic E-state index is 12.0. The van der Waals surface area contributed by atoms with E-state index in [0.717, 1.165) is 16.9 Å². The molecule has 1 aromatic carbocycles. The summed E-state index contributed by atoms with van der Waals surface area (Å²) in [6.07, 6.45) is 0. The van der Waals surface area contributed by atoms with Crippen molar-refractivity contribution in [1.82, 2.24) is 14.9 Å². The van der Waals surface area contributed by atoms with Crippen molar-refractivity contribution in [3.63, 3.8) is 0 Å². The fourth-order valence-corrected chi connectivity index (χ4v) is 2.03. The molecule has 2 rings (SSSR count). The zero-order valence-electron chi connectivity index (χ0n) is 12.2. The SMILES string of the molecule is C[C@H](NC(=O)C(C)(C)C)c1nc2ccccc2n1C. The molecule has 0 aliphatic heterocycles. The average molecular weight is 259 g/mol. The van der Waals surface area contributed by atoms with E-state index >= 15 is 0 Å². The van der Waals surface area contributed by atoms with Crippen LogP contribution in [0.2, 0.25) is 0 Å². The monoisotopic (exact) mass is 259 g/mol. The number of fused-ring (bicyclic) bond motifs is 1. The first-order chi connectivity index (χ1) is 8.80. The van der Waals surface area contributed by atoms with Crippen LogP contribution in [-0.2, 0) is 11.8 Å². The first kappa shape index (κ1) is 13.6. The summed E-state index contributed by atoms with van der Waals surface area (Å²) in [5, 5.41) is 3.02. The minimum Gasteiger partial charge on any atom is -0.346 e. The van der Waals surface area contributed by atoms with E-state index < -0.39 is 5.41 Å². The van der Waals surface area contributed by atoms with E-state index in [1.165, 1.54) is 0 Å². The van der Waals surface area contributed by atoms with Crippen molar-refractivity contribution in [3.05, 3.63) is 30.1 Å². The van der Waals surface area contributed by atoms with Crippen LogP contribution in [0.25, 0.3) is 11.0 Å². The highest BCUT2D eigenvalue weighted by Crippen LogP contribution is 2.21. The normalized spacial score (nSPS) is 13.5. The molecule has 1 aromatic heterocycles. The Labute approximate surface area is 113 Å². The van der Waals surface area contributed by atoms with Gasteiger partial charge in [-0.25, -0.2) is 4.98 Å². The first-order valence-electron chi connectivity index (χ1n) is 6.53. The Hall–Kier alpha value is -1.84. The van der Waals surface area contributed by atoms with E-state index in [9.17, 15) is 4.79 Å². The van der Waals surface area contributed by atoms with Crippen molar-refractivity contribution in [3.8, 4) is 0 Å². The summed E-state index contributed by atoms with van der Waals surface area (Å²) in [5.41, 5.74) is 1.64. The van der Waals surface area contributed by atoms with Crippen LogP contribution < -0.4 is 5.32 Å². The molecule has 0 unspecified atom stereocenters. The molecule has 102 valence electrons. The van der Waals surface area contributed by atoms with Gasteiger partial charge in [-0.3, -0.25) is 4.79 Å². The van der Waals surface area contributed by atoms with Gasteiger partial charge in [0, 0.05) is 12.5 Å². The van der Waals surface area contributed by atoms with E-state index in [1.807, 2.05) is 63.6 Å².